The highest BCUT2D eigenvalue weighted by Gasteiger charge is 2.59. The summed E-state index contributed by atoms with van der Waals surface area (Å²) in [5, 5.41) is 2.67. The Labute approximate surface area is 273 Å². The van der Waals surface area contributed by atoms with E-state index in [0.717, 1.165) is 54.8 Å². The summed E-state index contributed by atoms with van der Waals surface area (Å²) >= 11 is 0. The first kappa shape index (κ1) is 38.5. The van der Waals surface area contributed by atoms with Crippen LogP contribution in [0.15, 0.2) is 11.6 Å². The van der Waals surface area contributed by atoms with Crippen molar-refractivity contribution in [2.45, 2.75) is 111 Å². The van der Waals surface area contributed by atoms with Gasteiger partial charge in [-0.1, -0.05) is 65.5 Å². The molecule has 9 nitrogen and oxygen atoms in total. The van der Waals surface area contributed by atoms with Gasteiger partial charge in [-0.15, -0.1) is 0 Å². The number of nitrogens with zero attached hydrogens (tertiary/aromatic N) is 1. The summed E-state index contributed by atoms with van der Waals surface area (Å²) in [6.45, 7) is 13.0. The normalized spacial score (nSPS) is 34.8. The third-order valence-corrected chi connectivity index (χ3v) is 13.2. The SMILES string of the molecule is CC(C)CCC[C@@H](C)[C@H]1CCC2C3CC=C4C[C@@H](OC(=O)NCCOP(=O)(O)OCC[N+](C)(C)C)CC[C@]4(C)C3CC[C@@]21C.[OH-]. The molecule has 0 aromatic rings. The number of hydrogen-bond acceptors (Lipinski definition) is 6. The maximum Gasteiger partial charge on any atom is 0.472 e. The fourth-order valence-electron chi connectivity index (χ4n) is 9.73. The third-order valence-electron chi connectivity index (χ3n) is 12.2. The number of phosphoric acid groups is 1. The molecule has 4 rings (SSSR count). The summed E-state index contributed by atoms with van der Waals surface area (Å²) in [6, 6.07) is 0. The zero-order valence-corrected chi connectivity index (χ0v) is 30.4. The van der Waals surface area contributed by atoms with E-state index in [1.165, 1.54) is 56.9 Å². The van der Waals surface area contributed by atoms with Crippen LogP contribution in [0.5, 0.6) is 0 Å². The van der Waals surface area contributed by atoms with Gasteiger partial charge in [0.05, 0.1) is 27.7 Å². The van der Waals surface area contributed by atoms with Crippen molar-refractivity contribution < 1.29 is 38.0 Å². The van der Waals surface area contributed by atoms with Crippen molar-refractivity contribution in [3.63, 3.8) is 0 Å². The first-order chi connectivity index (χ1) is 20.5. The zero-order chi connectivity index (χ0) is 32.3. The molecule has 4 aliphatic rings. The lowest BCUT2D eigenvalue weighted by atomic mass is 9.47. The van der Waals surface area contributed by atoms with Crippen molar-refractivity contribution in [1.29, 1.82) is 0 Å². The van der Waals surface area contributed by atoms with Crippen molar-refractivity contribution in [3.8, 4) is 0 Å². The fraction of sp³-hybridized carbons (Fsp3) is 0.914. The van der Waals surface area contributed by atoms with Crippen LogP contribution in [0.4, 0.5) is 4.79 Å². The number of ether oxygens (including phenoxy) is 1. The number of allylic oxidation sites excluding steroid dienone is 1. The van der Waals surface area contributed by atoms with Crippen molar-refractivity contribution in [2.24, 2.45) is 46.3 Å². The molecule has 3 saturated carbocycles. The summed E-state index contributed by atoms with van der Waals surface area (Å²) < 4.78 is 28.5. The van der Waals surface area contributed by atoms with Crippen LogP contribution >= 0.6 is 7.82 Å². The highest BCUT2D eigenvalue weighted by Crippen LogP contribution is 2.67. The highest BCUT2D eigenvalue weighted by molar-refractivity contribution is 7.47. The molecule has 9 atom stereocenters. The van der Waals surface area contributed by atoms with Crippen LogP contribution in [-0.4, -0.2) is 74.5 Å². The van der Waals surface area contributed by atoms with Crippen molar-refractivity contribution in [3.05, 3.63) is 11.6 Å². The van der Waals surface area contributed by atoms with Crippen LogP contribution in [0.3, 0.4) is 0 Å². The summed E-state index contributed by atoms with van der Waals surface area (Å²) in [5.74, 6) is 4.87. The van der Waals surface area contributed by atoms with E-state index in [1.54, 1.807) is 0 Å². The Bertz CT molecular complexity index is 1060. The molecular formula is C35H65N2O7P. The minimum Gasteiger partial charge on any atom is -0.870 e. The molecule has 1 amide bonds. The van der Waals surface area contributed by atoms with E-state index in [9.17, 15) is 14.3 Å². The Morgan fingerprint density at radius 2 is 1.76 bits per heavy atom. The smallest absolute Gasteiger partial charge is 0.472 e. The van der Waals surface area contributed by atoms with E-state index < -0.39 is 13.9 Å². The van der Waals surface area contributed by atoms with Crippen molar-refractivity contribution >= 4 is 13.9 Å². The number of carbonyl (C=O) groups is 1. The predicted octanol–water partition coefficient (Wildman–Crippen LogP) is 7.79. The maximum absolute atomic E-state index is 12.6. The van der Waals surface area contributed by atoms with E-state index >= 15 is 0 Å². The molecule has 0 radical (unpaired) electrons. The lowest BCUT2D eigenvalue weighted by Crippen LogP contribution is -2.51. The molecule has 0 aliphatic heterocycles. The van der Waals surface area contributed by atoms with Gasteiger partial charge in [0, 0.05) is 13.0 Å². The average molecular weight is 657 g/mol. The van der Waals surface area contributed by atoms with Gasteiger partial charge in [0.1, 0.15) is 19.3 Å². The summed E-state index contributed by atoms with van der Waals surface area (Å²) in [7, 11) is 1.78. The molecular weight excluding hydrogens is 591 g/mol. The standard InChI is InChI=1S/C35H63N2O6P.H2O/c1-25(2)10-9-11-26(3)30-14-15-31-29-13-12-27-24-28(16-18-34(27,4)32(29)17-19-35(30,31)5)43-33(38)36-20-22-41-44(39,40)42-23-21-37(6,7)8;/h12,25-26,28-32H,9-11,13-24H2,1-8H3,(H-,36,38,39,40);1H2/t26-,28+,29?,30-,31?,32?,34+,35-;/m1./s1. The Morgan fingerprint density at radius 3 is 2.44 bits per heavy atom. The highest BCUT2D eigenvalue weighted by atomic mass is 31.2. The van der Waals surface area contributed by atoms with Crippen LogP contribution in [0.25, 0.3) is 0 Å². The second kappa shape index (κ2) is 15.5. The molecule has 3 N–H and O–H groups in total. The number of hydrogen-bond donors (Lipinski definition) is 2. The number of phosphoric ester groups is 1. The molecule has 45 heavy (non-hydrogen) atoms. The molecule has 0 spiro atoms. The lowest BCUT2D eigenvalue weighted by molar-refractivity contribution is -0.870. The second-order valence-electron chi connectivity index (χ2n) is 16.6. The van der Waals surface area contributed by atoms with Gasteiger partial charge < -0.3 is 24.9 Å². The monoisotopic (exact) mass is 656 g/mol. The summed E-state index contributed by atoms with van der Waals surface area (Å²) in [5.41, 5.74) is 2.20. The minimum absolute atomic E-state index is 0. The van der Waals surface area contributed by atoms with Gasteiger partial charge in [-0.25, -0.2) is 9.36 Å². The van der Waals surface area contributed by atoms with Crippen LogP contribution < -0.4 is 5.32 Å². The van der Waals surface area contributed by atoms with E-state index in [0.29, 0.717) is 16.4 Å². The van der Waals surface area contributed by atoms with Crippen LogP contribution in [0, 0.1) is 46.3 Å². The molecule has 4 aliphatic carbocycles. The molecule has 0 aromatic carbocycles. The molecule has 262 valence electrons. The Morgan fingerprint density at radius 1 is 1.04 bits per heavy atom. The molecule has 3 fully saturated rings. The lowest BCUT2D eigenvalue weighted by Gasteiger charge is -2.58. The summed E-state index contributed by atoms with van der Waals surface area (Å²) in [6.07, 6.45) is 15.5. The quantitative estimate of drug-likeness (QED) is 0.0847. The van der Waals surface area contributed by atoms with Gasteiger partial charge in [0.25, 0.3) is 0 Å². The molecule has 0 heterocycles. The van der Waals surface area contributed by atoms with Crippen molar-refractivity contribution in [1.82, 2.24) is 5.32 Å². The number of alkyl carbamates (subject to hydrolysis) is 1. The zero-order valence-electron chi connectivity index (χ0n) is 29.6. The van der Waals surface area contributed by atoms with E-state index in [4.69, 9.17) is 13.8 Å². The Balaban J connectivity index is 0.00000552. The number of likely N-dealkylation sites (N-methyl/N-ethyl adjacent to an activating group) is 1. The number of quaternary nitrogens is 1. The van der Waals surface area contributed by atoms with Gasteiger partial charge in [-0.05, 0) is 91.3 Å². The van der Waals surface area contributed by atoms with Gasteiger partial charge >= 0.3 is 13.9 Å². The van der Waals surface area contributed by atoms with Gasteiger partial charge in [0.2, 0.25) is 0 Å². The Kier molecular flexibility index (Phi) is 13.3. The first-order valence-electron chi connectivity index (χ1n) is 17.6. The number of carbonyl (C=O) groups excluding carboxylic acids is 1. The maximum atomic E-state index is 12.6. The number of rotatable bonds is 14. The number of nitrogens with one attached hydrogen (secondary N) is 1. The second-order valence-corrected chi connectivity index (χ2v) is 18.1. The van der Waals surface area contributed by atoms with Gasteiger partial charge in [-0.2, -0.15) is 0 Å². The van der Waals surface area contributed by atoms with E-state index in [2.05, 4.69) is 46.0 Å². The molecule has 10 heteroatoms. The third kappa shape index (κ3) is 9.57. The van der Waals surface area contributed by atoms with Crippen LogP contribution in [0.2, 0.25) is 0 Å². The molecule has 0 saturated heterocycles. The average Bonchev–Trinajstić information content (AvgIpc) is 3.27. The van der Waals surface area contributed by atoms with Crippen LogP contribution in [-0.2, 0) is 18.3 Å². The molecule has 0 aromatic heterocycles. The van der Waals surface area contributed by atoms with E-state index in [1.807, 2.05) is 21.1 Å². The number of fused-ring (bicyclic) bond motifs is 5. The van der Waals surface area contributed by atoms with E-state index in [-0.39, 0.29) is 36.8 Å². The van der Waals surface area contributed by atoms with Crippen LogP contribution in [0.1, 0.15) is 105 Å². The summed E-state index contributed by atoms with van der Waals surface area (Å²) in [4.78, 5) is 22.4. The topological polar surface area (TPSA) is 124 Å². The van der Waals surface area contributed by atoms with Crippen molar-refractivity contribution in [2.75, 3.05) is 47.4 Å². The van der Waals surface area contributed by atoms with Gasteiger partial charge in [-0.3, -0.25) is 9.05 Å². The fourth-order valence-corrected chi connectivity index (χ4v) is 10.4. The largest absolute Gasteiger partial charge is 0.870 e. The number of amides is 1. The molecule has 0 bridgehead atoms. The Hall–Kier alpha value is -0.960. The minimum atomic E-state index is -4.15. The van der Waals surface area contributed by atoms with Gasteiger partial charge in [0.15, 0.2) is 0 Å². The first-order valence-corrected chi connectivity index (χ1v) is 19.1. The molecule has 4 unspecified atom stereocenters. The predicted molar refractivity (Wildman–Crippen MR) is 178 cm³/mol.